The van der Waals surface area contributed by atoms with E-state index in [2.05, 4.69) is 37.9 Å². The maximum Gasteiger partial charge on any atom is 0.165 e. The Kier molecular flexibility index (Phi) is 5.17. The van der Waals surface area contributed by atoms with Gasteiger partial charge in [0.15, 0.2) is 16.6 Å². The number of Topliss-reactive ketones (excluding diaryl/α,β-unsaturated/α-hetero) is 1. The number of allylic oxidation sites excluding steroid dienone is 1. The predicted octanol–water partition coefficient (Wildman–Crippen LogP) is 4.79. The molecule has 2 aromatic rings. The number of halogens is 1. The van der Waals surface area contributed by atoms with Crippen LogP contribution in [-0.2, 0) is 4.79 Å². The van der Waals surface area contributed by atoms with E-state index in [1.807, 2.05) is 24.4 Å². The highest BCUT2D eigenvalue weighted by molar-refractivity contribution is 9.10. The molecule has 0 aliphatic carbocycles. The van der Waals surface area contributed by atoms with Crippen LogP contribution in [0.3, 0.4) is 0 Å². The lowest BCUT2D eigenvalue weighted by Gasteiger charge is -2.32. The molecule has 1 saturated heterocycles. The first-order chi connectivity index (χ1) is 13.5. The molecule has 0 radical (unpaired) electrons. The first kappa shape index (κ1) is 19.0. The predicted molar refractivity (Wildman–Crippen MR) is 113 cm³/mol. The number of fused-ring (bicyclic) bond motifs is 1. The minimum Gasteiger partial charge on any atom is -0.327 e. The van der Waals surface area contributed by atoms with Crippen LogP contribution in [0.2, 0.25) is 0 Å². The van der Waals surface area contributed by atoms with Crippen LogP contribution in [0.25, 0.3) is 0 Å². The maximum absolute atomic E-state index is 12.7. The van der Waals surface area contributed by atoms with Crippen LogP contribution >= 0.6 is 27.3 Å². The topological polar surface area (TPSA) is 69.3 Å². The Morgan fingerprint density at radius 3 is 2.93 bits per heavy atom. The number of nitrogens with zero attached hydrogens (tertiary/aromatic N) is 4. The zero-order valence-electron chi connectivity index (χ0n) is 15.6. The van der Waals surface area contributed by atoms with Crippen molar-refractivity contribution < 1.29 is 4.79 Å². The van der Waals surface area contributed by atoms with Crippen molar-refractivity contribution in [1.29, 1.82) is 5.26 Å². The molecular formula is C21H19BrN4OS. The number of hydrogen-bond donors (Lipinski definition) is 0. The summed E-state index contributed by atoms with van der Waals surface area (Å²) in [5, 5.41) is 12.0. The van der Waals surface area contributed by atoms with Gasteiger partial charge in [-0.05, 0) is 43.4 Å². The third-order valence-electron chi connectivity index (χ3n) is 5.17. The van der Waals surface area contributed by atoms with Gasteiger partial charge in [0, 0.05) is 40.3 Å². The van der Waals surface area contributed by atoms with E-state index in [-0.39, 0.29) is 17.7 Å². The number of benzene rings is 1. The van der Waals surface area contributed by atoms with Crippen molar-refractivity contribution in [1.82, 2.24) is 9.88 Å². The lowest BCUT2D eigenvalue weighted by atomic mass is 9.91. The highest BCUT2D eigenvalue weighted by atomic mass is 79.9. The molecule has 2 aliphatic rings. The van der Waals surface area contributed by atoms with Crippen LogP contribution < -0.4 is 0 Å². The zero-order chi connectivity index (χ0) is 19.8. The summed E-state index contributed by atoms with van der Waals surface area (Å²) in [5.41, 5.74) is 3.83. The fourth-order valence-electron chi connectivity index (χ4n) is 3.95. The summed E-state index contributed by atoms with van der Waals surface area (Å²) in [5.74, 6) is 1.02. The largest absolute Gasteiger partial charge is 0.327 e. The average Bonchev–Trinajstić information content (AvgIpc) is 3.30. The van der Waals surface area contributed by atoms with Gasteiger partial charge in [-0.3, -0.25) is 9.79 Å². The van der Waals surface area contributed by atoms with E-state index < -0.39 is 0 Å². The molecule has 1 aromatic heterocycles. The molecule has 7 heteroatoms. The number of carbonyl (C=O) groups is 1. The molecule has 1 aromatic carbocycles. The van der Waals surface area contributed by atoms with E-state index in [0.717, 1.165) is 37.7 Å². The molecule has 2 aliphatic heterocycles. The SMILES string of the molecule is CC(=O)C1=C2CC(CC#N)CN2C(c2nccs2)=N[C@H]1c1ccc(C)cc1Br. The molecule has 5 nitrogen and oxygen atoms in total. The Bertz CT molecular complexity index is 1040. The van der Waals surface area contributed by atoms with Crippen molar-refractivity contribution in [3.8, 4) is 6.07 Å². The summed E-state index contributed by atoms with van der Waals surface area (Å²) in [6.45, 7) is 4.34. The van der Waals surface area contributed by atoms with Gasteiger partial charge >= 0.3 is 0 Å². The minimum absolute atomic E-state index is 0.0250. The van der Waals surface area contributed by atoms with Crippen LogP contribution in [0, 0.1) is 24.2 Å². The van der Waals surface area contributed by atoms with Gasteiger partial charge in [0.2, 0.25) is 0 Å². The van der Waals surface area contributed by atoms with Crippen LogP contribution in [0.5, 0.6) is 0 Å². The van der Waals surface area contributed by atoms with Gasteiger partial charge in [-0.2, -0.15) is 5.26 Å². The molecule has 3 heterocycles. The molecule has 0 N–H and O–H groups in total. The fourth-order valence-corrected chi connectivity index (χ4v) is 5.30. The number of hydrogen-bond acceptors (Lipinski definition) is 6. The van der Waals surface area contributed by atoms with E-state index >= 15 is 0 Å². The van der Waals surface area contributed by atoms with Crippen LogP contribution in [-0.4, -0.2) is 28.0 Å². The first-order valence-electron chi connectivity index (χ1n) is 9.11. The smallest absolute Gasteiger partial charge is 0.165 e. The number of aliphatic imine (C=N–C) groups is 1. The second kappa shape index (κ2) is 7.61. The molecule has 142 valence electrons. The van der Waals surface area contributed by atoms with Gasteiger partial charge in [0.05, 0.1) is 6.07 Å². The monoisotopic (exact) mass is 454 g/mol. The van der Waals surface area contributed by atoms with Gasteiger partial charge in [-0.15, -0.1) is 11.3 Å². The molecular weight excluding hydrogens is 436 g/mol. The summed E-state index contributed by atoms with van der Waals surface area (Å²) in [6, 6.07) is 8.03. The summed E-state index contributed by atoms with van der Waals surface area (Å²) >= 11 is 5.20. The highest BCUT2D eigenvalue weighted by Gasteiger charge is 2.40. The number of aromatic nitrogens is 1. The van der Waals surface area contributed by atoms with E-state index in [0.29, 0.717) is 19.4 Å². The van der Waals surface area contributed by atoms with Crippen LogP contribution in [0.15, 0.2) is 50.5 Å². The number of amidine groups is 1. The Hall–Kier alpha value is -2.30. The molecule has 0 saturated carbocycles. The third kappa shape index (κ3) is 3.31. The highest BCUT2D eigenvalue weighted by Crippen LogP contribution is 2.44. The summed E-state index contributed by atoms with van der Waals surface area (Å²) < 4.78 is 0.944. The van der Waals surface area contributed by atoms with Gasteiger partial charge < -0.3 is 4.90 Å². The minimum atomic E-state index is -0.376. The van der Waals surface area contributed by atoms with Gasteiger partial charge in [-0.1, -0.05) is 28.1 Å². The van der Waals surface area contributed by atoms with Gasteiger partial charge in [0.25, 0.3) is 0 Å². The average molecular weight is 455 g/mol. The van der Waals surface area contributed by atoms with Crippen molar-refractivity contribution in [3.05, 3.63) is 61.7 Å². The summed E-state index contributed by atoms with van der Waals surface area (Å²) in [7, 11) is 0. The normalized spacial score (nSPS) is 21.4. The molecule has 1 unspecified atom stereocenters. The third-order valence-corrected chi connectivity index (χ3v) is 6.63. The number of rotatable bonds is 4. The zero-order valence-corrected chi connectivity index (χ0v) is 18.0. The van der Waals surface area contributed by atoms with E-state index in [1.54, 1.807) is 13.1 Å². The Balaban J connectivity index is 1.90. The molecule has 4 rings (SSSR count). The van der Waals surface area contributed by atoms with E-state index in [4.69, 9.17) is 4.99 Å². The summed E-state index contributed by atoms with van der Waals surface area (Å²) in [6.07, 6.45) is 2.95. The second-order valence-electron chi connectivity index (χ2n) is 7.18. The second-order valence-corrected chi connectivity index (χ2v) is 8.93. The van der Waals surface area contributed by atoms with Crippen molar-refractivity contribution in [3.63, 3.8) is 0 Å². The molecule has 0 bridgehead atoms. The van der Waals surface area contributed by atoms with Crippen molar-refractivity contribution >= 4 is 38.9 Å². The quantitative estimate of drug-likeness (QED) is 0.665. The van der Waals surface area contributed by atoms with E-state index in [1.165, 1.54) is 11.3 Å². The number of carbonyl (C=O) groups excluding carboxylic acids is 1. The van der Waals surface area contributed by atoms with Crippen molar-refractivity contribution in [2.75, 3.05) is 6.54 Å². The Labute approximate surface area is 176 Å². The molecule has 1 fully saturated rings. The lowest BCUT2D eigenvalue weighted by Crippen LogP contribution is -2.34. The maximum atomic E-state index is 12.7. The molecule has 0 spiro atoms. The Morgan fingerprint density at radius 2 is 2.29 bits per heavy atom. The van der Waals surface area contributed by atoms with Crippen LogP contribution in [0.1, 0.15) is 41.9 Å². The van der Waals surface area contributed by atoms with Crippen LogP contribution in [0.4, 0.5) is 0 Å². The number of thiazole rings is 1. The van der Waals surface area contributed by atoms with Gasteiger partial charge in [-0.25, -0.2) is 4.98 Å². The fraction of sp³-hybridized carbons (Fsp3) is 0.333. The summed E-state index contributed by atoms with van der Waals surface area (Å²) in [4.78, 5) is 24.3. The first-order valence-corrected chi connectivity index (χ1v) is 10.8. The standard InChI is InChI=1S/C21H19BrN4OS/c1-12-3-4-15(16(22)9-12)19-18(13(2)27)17-10-14(5-6-23)11-26(17)20(25-19)21-24-7-8-28-21/h3-4,7-9,14,19H,5,10-11H2,1-2H3/t14?,19-/m0/s1. The van der Waals surface area contributed by atoms with E-state index in [9.17, 15) is 10.1 Å². The Morgan fingerprint density at radius 1 is 1.46 bits per heavy atom. The number of ketones is 1. The molecule has 28 heavy (non-hydrogen) atoms. The number of nitriles is 1. The lowest BCUT2D eigenvalue weighted by molar-refractivity contribution is -0.114. The van der Waals surface area contributed by atoms with Crippen molar-refractivity contribution in [2.24, 2.45) is 10.9 Å². The molecule has 2 atom stereocenters. The molecule has 0 amide bonds. The van der Waals surface area contributed by atoms with Crippen molar-refractivity contribution in [2.45, 2.75) is 32.7 Å². The number of aryl methyl sites for hydroxylation is 1. The van der Waals surface area contributed by atoms with Gasteiger partial charge in [0.1, 0.15) is 6.04 Å².